The fourth-order valence-electron chi connectivity index (χ4n) is 3.74. The second-order valence-corrected chi connectivity index (χ2v) is 6.66. The standard InChI is InChI=1S/C16H27N5O/c1-12-15(16(22)20(2)13-6-4-3-5-7-13)18-19-21(12)14-8-10-17-11-9-14/h13-14,17H,3-11H2,1-2H3. The fraction of sp³-hybridized carbons (Fsp3) is 0.812. The number of rotatable bonds is 3. The SMILES string of the molecule is Cc1c(C(=O)N(C)C2CCCCC2)nnn1C1CCNCC1. The molecule has 0 bridgehead atoms. The highest BCUT2D eigenvalue weighted by molar-refractivity contribution is 5.93. The molecule has 0 unspecified atom stereocenters. The molecule has 2 aliphatic rings. The zero-order valence-corrected chi connectivity index (χ0v) is 13.7. The predicted molar refractivity (Wildman–Crippen MR) is 84.9 cm³/mol. The molecule has 0 radical (unpaired) electrons. The van der Waals surface area contributed by atoms with E-state index in [4.69, 9.17) is 0 Å². The molecule has 122 valence electrons. The molecule has 1 saturated carbocycles. The summed E-state index contributed by atoms with van der Waals surface area (Å²) in [5, 5.41) is 11.8. The van der Waals surface area contributed by atoms with E-state index in [2.05, 4.69) is 15.6 Å². The molecular formula is C16H27N5O. The van der Waals surface area contributed by atoms with Crippen LogP contribution in [0.4, 0.5) is 0 Å². The predicted octanol–water partition coefficient (Wildman–Crippen LogP) is 1.92. The molecule has 22 heavy (non-hydrogen) atoms. The van der Waals surface area contributed by atoms with E-state index in [-0.39, 0.29) is 5.91 Å². The molecule has 2 heterocycles. The van der Waals surface area contributed by atoms with E-state index in [0.717, 1.165) is 44.5 Å². The molecule has 1 aliphatic heterocycles. The van der Waals surface area contributed by atoms with Gasteiger partial charge in [0.15, 0.2) is 5.69 Å². The lowest BCUT2D eigenvalue weighted by Gasteiger charge is -2.30. The van der Waals surface area contributed by atoms with Crippen LogP contribution in [0.1, 0.15) is 67.2 Å². The van der Waals surface area contributed by atoms with Crippen molar-refractivity contribution in [2.24, 2.45) is 0 Å². The van der Waals surface area contributed by atoms with Gasteiger partial charge in [-0.3, -0.25) is 4.79 Å². The summed E-state index contributed by atoms with van der Waals surface area (Å²) < 4.78 is 1.96. The Hall–Kier alpha value is -1.43. The molecule has 1 aliphatic carbocycles. The average molecular weight is 305 g/mol. The monoisotopic (exact) mass is 305 g/mol. The maximum Gasteiger partial charge on any atom is 0.276 e. The van der Waals surface area contributed by atoms with E-state index in [9.17, 15) is 4.79 Å². The maximum absolute atomic E-state index is 12.8. The van der Waals surface area contributed by atoms with Crippen LogP contribution in [0.5, 0.6) is 0 Å². The molecule has 6 nitrogen and oxygen atoms in total. The van der Waals surface area contributed by atoms with Crippen LogP contribution in [0.15, 0.2) is 0 Å². The molecule has 1 amide bonds. The zero-order valence-electron chi connectivity index (χ0n) is 13.7. The number of piperidine rings is 1. The number of nitrogens with one attached hydrogen (secondary N) is 1. The van der Waals surface area contributed by atoms with Crippen LogP contribution < -0.4 is 5.32 Å². The largest absolute Gasteiger partial charge is 0.337 e. The first kappa shape index (κ1) is 15.5. The molecule has 0 aromatic carbocycles. The molecule has 0 atom stereocenters. The average Bonchev–Trinajstić information content (AvgIpc) is 2.96. The van der Waals surface area contributed by atoms with Gasteiger partial charge in [-0.1, -0.05) is 24.5 Å². The van der Waals surface area contributed by atoms with Crippen molar-refractivity contribution in [2.45, 2.75) is 64.0 Å². The highest BCUT2D eigenvalue weighted by Gasteiger charge is 2.28. The van der Waals surface area contributed by atoms with Crippen LogP contribution in [0, 0.1) is 6.92 Å². The van der Waals surface area contributed by atoms with Crippen molar-refractivity contribution in [3.63, 3.8) is 0 Å². The highest BCUT2D eigenvalue weighted by atomic mass is 16.2. The second kappa shape index (κ2) is 6.77. The van der Waals surface area contributed by atoms with E-state index in [1.165, 1.54) is 19.3 Å². The number of nitrogens with zero attached hydrogens (tertiary/aromatic N) is 4. The third-order valence-electron chi connectivity index (χ3n) is 5.23. The summed E-state index contributed by atoms with van der Waals surface area (Å²) in [5.74, 6) is 0.0320. The van der Waals surface area contributed by atoms with Crippen LogP contribution in [0.3, 0.4) is 0 Å². The van der Waals surface area contributed by atoms with Crippen molar-refractivity contribution in [1.29, 1.82) is 0 Å². The van der Waals surface area contributed by atoms with Gasteiger partial charge < -0.3 is 10.2 Å². The smallest absolute Gasteiger partial charge is 0.276 e. The van der Waals surface area contributed by atoms with Gasteiger partial charge >= 0.3 is 0 Å². The van der Waals surface area contributed by atoms with Gasteiger partial charge in [0.1, 0.15) is 0 Å². The minimum Gasteiger partial charge on any atom is -0.337 e. The van der Waals surface area contributed by atoms with Crippen LogP contribution in [-0.4, -0.2) is 52.0 Å². The van der Waals surface area contributed by atoms with Crippen molar-refractivity contribution in [3.05, 3.63) is 11.4 Å². The van der Waals surface area contributed by atoms with Crippen LogP contribution in [-0.2, 0) is 0 Å². The van der Waals surface area contributed by atoms with Gasteiger partial charge in [-0.05, 0) is 45.7 Å². The Morgan fingerprint density at radius 1 is 1.18 bits per heavy atom. The topological polar surface area (TPSA) is 63.1 Å². The Kier molecular flexibility index (Phi) is 4.76. The first-order valence-corrected chi connectivity index (χ1v) is 8.58. The number of hydrogen-bond acceptors (Lipinski definition) is 4. The molecule has 1 N–H and O–H groups in total. The van der Waals surface area contributed by atoms with E-state index in [0.29, 0.717) is 17.8 Å². The van der Waals surface area contributed by atoms with Crippen molar-refractivity contribution in [2.75, 3.05) is 20.1 Å². The minimum atomic E-state index is 0.0320. The van der Waals surface area contributed by atoms with E-state index < -0.39 is 0 Å². The molecule has 2 fully saturated rings. The van der Waals surface area contributed by atoms with E-state index in [1.807, 2.05) is 23.6 Å². The minimum absolute atomic E-state index is 0.0320. The highest BCUT2D eigenvalue weighted by Crippen LogP contribution is 2.24. The second-order valence-electron chi connectivity index (χ2n) is 6.66. The van der Waals surface area contributed by atoms with Crippen LogP contribution in [0.2, 0.25) is 0 Å². The molecule has 0 spiro atoms. The summed E-state index contributed by atoms with van der Waals surface area (Å²) in [5.41, 5.74) is 1.45. The van der Waals surface area contributed by atoms with Crippen molar-refractivity contribution in [1.82, 2.24) is 25.2 Å². The molecule has 1 saturated heterocycles. The van der Waals surface area contributed by atoms with Crippen molar-refractivity contribution >= 4 is 5.91 Å². The van der Waals surface area contributed by atoms with Crippen molar-refractivity contribution in [3.8, 4) is 0 Å². The summed E-state index contributed by atoms with van der Waals surface area (Å²) in [6.45, 7) is 3.99. The van der Waals surface area contributed by atoms with Gasteiger partial charge in [0.2, 0.25) is 0 Å². The Labute approximate surface area is 132 Å². The van der Waals surface area contributed by atoms with Crippen LogP contribution >= 0.6 is 0 Å². The summed E-state index contributed by atoms with van der Waals surface area (Å²) in [6.07, 6.45) is 8.08. The summed E-state index contributed by atoms with van der Waals surface area (Å²) in [6, 6.07) is 0.736. The fourth-order valence-corrected chi connectivity index (χ4v) is 3.74. The molecular weight excluding hydrogens is 278 g/mol. The Morgan fingerprint density at radius 3 is 2.55 bits per heavy atom. The molecule has 3 rings (SSSR count). The number of carbonyl (C=O) groups is 1. The van der Waals surface area contributed by atoms with Crippen molar-refractivity contribution < 1.29 is 4.79 Å². The lowest BCUT2D eigenvalue weighted by molar-refractivity contribution is 0.0689. The lowest BCUT2D eigenvalue weighted by atomic mass is 9.94. The quantitative estimate of drug-likeness (QED) is 0.926. The van der Waals surface area contributed by atoms with Gasteiger partial charge in [-0.2, -0.15) is 0 Å². The number of hydrogen-bond donors (Lipinski definition) is 1. The maximum atomic E-state index is 12.8. The van der Waals surface area contributed by atoms with E-state index in [1.54, 1.807) is 0 Å². The van der Waals surface area contributed by atoms with E-state index >= 15 is 0 Å². The number of carbonyl (C=O) groups excluding carboxylic acids is 1. The summed E-state index contributed by atoms with van der Waals surface area (Å²) in [7, 11) is 1.92. The summed E-state index contributed by atoms with van der Waals surface area (Å²) in [4.78, 5) is 14.7. The van der Waals surface area contributed by atoms with Crippen LogP contribution in [0.25, 0.3) is 0 Å². The number of aromatic nitrogens is 3. The molecule has 6 heteroatoms. The van der Waals surface area contributed by atoms with Gasteiger partial charge in [0, 0.05) is 13.1 Å². The lowest BCUT2D eigenvalue weighted by Crippen LogP contribution is -2.38. The first-order valence-electron chi connectivity index (χ1n) is 8.58. The normalized spacial score (nSPS) is 21.0. The Bertz CT molecular complexity index is 515. The molecule has 1 aromatic rings. The zero-order chi connectivity index (χ0) is 15.5. The van der Waals surface area contributed by atoms with Gasteiger partial charge in [0.25, 0.3) is 5.91 Å². The third-order valence-corrected chi connectivity index (χ3v) is 5.23. The third kappa shape index (κ3) is 3.02. The van der Waals surface area contributed by atoms with Gasteiger partial charge in [-0.15, -0.1) is 5.10 Å². The Balaban J connectivity index is 1.73. The Morgan fingerprint density at radius 2 is 1.86 bits per heavy atom. The molecule has 1 aromatic heterocycles. The van der Waals surface area contributed by atoms with Gasteiger partial charge in [-0.25, -0.2) is 4.68 Å². The summed E-state index contributed by atoms with van der Waals surface area (Å²) >= 11 is 0. The number of amides is 1. The van der Waals surface area contributed by atoms with Gasteiger partial charge in [0.05, 0.1) is 11.7 Å². The first-order chi connectivity index (χ1) is 10.7.